The Labute approximate surface area is 125 Å². The van der Waals surface area contributed by atoms with Crippen molar-refractivity contribution in [1.82, 2.24) is 0 Å². The summed E-state index contributed by atoms with van der Waals surface area (Å²) in [6.07, 6.45) is 2.66. The van der Waals surface area contributed by atoms with Crippen LogP contribution in [0.4, 0.5) is 0 Å². The second-order valence-corrected chi connectivity index (χ2v) is 6.08. The minimum absolute atomic E-state index is 0.154. The van der Waals surface area contributed by atoms with E-state index in [1.165, 1.54) is 0 Å². The zero-order chi connectivity index (χ0) is 15.4. The lowest BCUT2D eigenvalue weighted by atomic mass is 9.85. The van der Waals surface area contributed by atoms with E-state index in [0.29, 0.717) is 12.8 Å². The maximum Gasteiger partial charge on any atom is 0.165 e. The highest BCUT2D eigenvalue weighted by Crippen LogP contribution is 2.34. The number of Topliss-reactive ketones (excluding diaryl/α,β-unsaturated/α-hetero) is 1. The lowest BCUT2D eigenvalue weighted by Crippen LogP contribution is -2.43. The first-order chi connectivity index (χ1) is 10.0. The van der Waals surface area contributed by atoms with Gasteiger partial charge in [0.2, 0.25) is 0 Å². The molecule has 0 radical (unpaired) electrons. The molecule has 2 rings (SSSR count). The maximum atomic E-state index is 11.8. The van der Waals surface area contributed by atoms with Crippen molar-refractivity contribution in [3.8, 4) is 0 Å². The van der Waals surface area contributed by atoms with Gasteiger partial charge in [-0.25, -0.2) is 0 Å². The van der Waals surface area contributed by atoms with Crippen molar-refractivity contribution in [2.24, 2.45) is 0 Å². The largest absolute Gasteiger partial charge is 0.489 e. The molecule has 5 heteroatoms. The van der Waals surface area contributed by atoms with E-state index in [4.69, 9.17) is 4.74 Å². The van der Waals surface area contributed by atoms with Gasteiger partial charge in [-0.3, -0.25) is 4.79 Å². The molecule has 5 nitrogen and oxygen atoms in total. The summed E-state index contributed by atoms with van der Waals surface area (Å²) in [6, 6.07) is 0. The Morgan fingerprint density at radius 3 is 2.71 bits per heavy atom. The molecule has 0 bridgehead atoms. The van der Waals surface area contributed by atoms with E-state index in [0.717, 1.165) is 25.7 Å². The Balaban J connectivity index is 1.98. The minimum atomic E-state index is -0.938. The average Bonchev–Trinajstić information content (AvgIpc) is 2.46. The van der Waals surface area contributed by atoms with Gasteiger partial charge in [0.25, 0.3) is 0 Å². The molecule has 0 unspecified atom stereocenters. The van der Waals surface area contributed by atoms with Gasteiger partial charge >= 0.3 is 0 Å². The summed E-state index contributed by atoms with van der Waals surface area (Å²) < 4.78 is 5.66. The van der Waals surface area contributed by atoms with E-state index in [1.54, 1.807) is 0 Å². The zero-order valence-corrected chi connectivity index (χ0v) is 12.6. The summed E-state index contributed by atoms with van der Waals surface area (Å²) in [5.74, 6) is 0.0290. The molecule has 0 aromatic carbocycles. The van der Waals surface area contributed by atoms with Crippen LogP contribution >= 0.6 is 0 Å². The Morgan fingerprint density at radius 1 is 1.24 bits per heavy atom. The Kier molecular flexibility index (Phi) is 5.79. The standard InChI is InChI=1S/C16H26O5/c1-2-3-4-5-6-10(17)14-9-13(20)15-11(18)7-8-12(19)16(15)21-14/h10,12-14,17,19-20H,2-9H2,1H3/t10-,12+,13-,14+/m1/s1. The van der Waals surface area contributed by atoms with Gasteiger partial charge in [-0.15, -0.1) is 0 Å². The minimum Gasteiger partial charge on any atom is -0.489 e. The average molecular weight is 298 g/mol. The number of ether oxygens (including phenoxy) is 1. The van der Waals surface area contributed by atoms with Gasteiger partial charge in [0.15, 0.2) is 5.78 Å². The summed E-state index contributed by atoms with van der Waals surface area (Å²) in [4.78, 5) is 11.8. The molecule has 1 heterocycles. The van der Waals surface area contributed by atoms with E-state index in [2.05, 4.69) is 6.92 Å². The van der Waals surface area contributed by atoms with Crippen molar-refractivity contribution < 1.29 is 24.9 Å². The Morgan fingerprint density at radius 2 is 2.00 bits per heavy atom. The van der Waals surface area contributed by atoms with E-state index in [9.17, 15) is 20.1 Å². The molecule has 0 saturated heterocycles. The van der Waals surface area contributed by atoms with Crippen LogP contribution < -0.4 is 0 Å². The molecule has 0 spiro atoms. The number of hydrogen-bond acceptors (Lipinski definition) is 5. The van der Waals surface area contributed by atoms with Gasteiger partial charge in [-0.1, -0.05) is 32.6 Å². The molecule has 120 valence electrons. The number of carbonyl (C=O) groups excluding carboxylic acids is 1. The second kappa shape index (κ2) is 7.38. The fourth-order valence-corrected chi connectivity index (χ4v) is 3.09. The van der Waals surface area contributed by atoms with Gasteiger partial charge in [-0.05, 0) is 12.8 Å². The predicted molar refractivity (Wildman–Crippen MR) is 77.5 cm³/mol. The van der Waals surface area contributed by atoms with Crippen molar-refractivity contribution in [3.05, 3.63) is 11.3 Å². The summed E-state index contributed by atoms with van der Waals surface area (Å²) in [5, 5.41) is 30.3. The molecule has 1 aliphatic carbocycles. The number of carbonyl (C=O) groups is 1. The highest BCUT2D eigenvalue weighted by molar-refractivity contribution is 5.98. The first kappa shape index (κ1) is 16.5. The molecular formula is C16H26O5. The third-order valence-electron chi connectivity index (χ3n) is 4.36. The summed E-state index contributed by atoms with van der Waals surface area (Å²) in [5.41, 5.74) is 0.211. The highest BCUT2D eigenvalue weighted by atomic mass is 16.5. The van der Waals surface area contributed by atoms with Crippen molar-refractivity contribution in [2.75, 3.05) is 0 Å². The van der Waals surface area contributed by atoms with Crippen molar-refractivity contribution >= 4 is 5.78 Å². The number of rotatable bonds is 6. The normalized spacial score (nSPS) is 30.9. The van der Waals surface area contributed by atoms with Crippen LogP contribution in [0.5, 0.6) is 0 Å². The topological polar surface area (TPSA) is 87.0 Å². The van der Waals surface area contributed by atoms with Gasteiger partial charge in [0.1, 0.15) is 18.0 Å². The lowest BCUT2D eigenvalue weighted by Gasteiger charge is -2.37. The number of aliphatic hydroxyl groups excluding tert-OH is 3. The fourth-order valence-electron chi connectivity index (χ4n) is 3.09. The van der Waals surface area contributed by atoms with Crippen LogP contribution in [0.1, 0.15) is 58.3 Å². The molecule has 0 aromatic rings. The lowest BCUT2D eigenvalue weighted by molar-refractivity contribution is -0.123. The van der Waals surface area contributed by atoms with Gasteiger partial charge in [-0.2, -0.15) is 0 Å². The molecule has 3 N–H and O–H groups in total. The van der Waals surface area contributed by atoms with Crippen LogP contribution in [-0.4, -0.2) is 45.5 Å². The van der Waals surface area contributed by atoms with Crippen molar-refractivity contribution in [1.29, 1.82) is 0 Å². The first-order valence-corrected chi connectivity index (χ1v) is 8.02. The summed E-state index contributed by atoms with van der Waals surface area (Å²) in [6.45, 7) is 2.13. The predicted octanol–water partition coefficient (Wildman–Crippen LogP) is 1.45. The van der Waals surface area contributed by atoms with Crippen LogP contribution in [-0.2, 0) is 9.53 Å². The molecule has 0 amide bonds. The quantitative estimate of drug-likeness (QED) is 0.646. The molecule has 0 aromatic heterocycles. The number of hydrogen-bond donors (Lipinski definition) is 3. The summed E-state index contributed by atoms with van der Waals surface area (Å²) >= 11 is 0. The summed E-state index contributed by atoms with van der Waals surface area (Å²) in [7, 11) is 0. The smallest absolute Gasteiger partial charge is 0.165 e. The van der Waals surface area contributed by atoms with Crippen LogP contribution in [0.15, 0.2) is 11.3 Å². The zero-order valence-electron chi connectivity index (χ0n) is 12.6. The molecule has 4 atom stereocenters. The van der Waals surface area contributed by atoms with Gasteiger partial charge < -0.3 is 20.1 Å². The second-order valence-electron chi connectivity index (χ2n) is 6.08. The molecule has 2 aliphatic rings. The number of aliphatic hydroxyl groups is 3. The molecule has 21 heavy (non-hydrogen) atoms. The number of ketones is 1. The molecule has 0 saturated carbocycles. The highest BCUT2D eigenvalue weighted by Gasteiger charge is 2.40. The monoisotopic (exact) mass is 298 g/mol. The Hall–Kier alpha value is -0.910. The van der Waals surface area contributed by atoms with Gasteiger partial charge in [0, 0.05) is 12.8 Å². The van der Waals surface area contributed by atoms with Gasteiger partial charge in [0.05, 0.1) is 17.8 Å². The van der Waals surface area contributed by atoms with Crippen molar-refractivity contribution in [2.45, 2.75) is 82.7 Å². The van der Waals surface area contributed by atoms with E-state index < -0.39 is 24.4 Å². The van der Waals surface area contributed by atoms with Crippen LogP contribution in [0.3, 0.4) is 0 Å². The van der Waals surface area contributed by atoms with Crippen LogP contribution in [0.25, 0.3) is 0 Å². The molecular weight excluding hydrogens is 272 g/mol. The number of unbranched alkanes of at least 4 members (excludes halogenated alkanes) is 3. The van der Waals surface area contributed by atoms with Crippen LogP contribution in [0, 0.1) is 0 Å². The molecule has 1 aliphatic heterocycles. The third kappa shape index (κ3) is 3.84. The first-order valence-electron chi connectivity index (χ1n) is 8.02. The fraction of sp³-hybridized carbons (Fsp3) is 0.812. The van der Waals surface area contributed by atoms with E-state index in [1.807, 2.05) is 0 Å². The van der Waals surface area contributed by atoms with E-state index >= 15 is 0 Å². The molecule has 0 fully saturated rings. The van der Waals surface area contributed by atoms with E-state index in [-0.39, 0.29) is 30.0 Å². The maximum absolute atomic E-state index is 11.8. The SMILES string of the molecule is CCCCCC[C@@H](O)[C@@H]1C[C@@H](O)C2=C(O1)[C@@H](O)CCC2=O. The third-order valence-corrected chi connectivity index (χ3v) is 4.36. The van der Waals surface area contributed by atoms with Crippen LogP contribution in [0.2, 0.25) is 0 Å². The van der Waals surface area contributed by atoms with Crippen molar-refractivity contribution in [3.63, 3.8) is 0 Å². The Bertz CT molecular complexity index is 403.